The van der Waals surface area contributed by atoms with Crippen LogP contribution in [0.1, 0.15) is 12.0 Å². The van der Waals surface area contributed by atoms with Gasteiger partial charge < -0.3 is 18.9 Å². The fourth-order valence-corrected chi connectivity index (χ4v) is 2.42. The molecule has 0 aliphatic carbocycles. The number of para-hydroxylation sites is 1. The van der Waals surface area contributed by atoms with E-state index in [-0.39, 0.29) is 6.29 Å². The lowest BCUT2D eigenvalue weighted by Crippen LogP contribution is -2.13. The maximum absolute atomic E-state index is 5.83. The van der Waals surface area contributed by atoms with Crippen LogP contribution >= 0.6 is 0 Å². The van der Waals surface area contributed by atoms with Gasteiger partial charge in [0.05, 0.1) is 38.8 Å². The Balaban J connectivity index is 1.58. The summed E-state index contributed by atoms with van der Waals surface area (Å²) in [6.45, 7) is 1.78. The smallest absolute Gasteiger partial charge is 0.161 e. The minimum Gasteiger partial charge on any atom is -0.493 e. The van der Waals surface area contributed by atoms with E-state index in [1.807, 2.05) is 48.5 Å². The number of methoxy groups -OCH3 is 1. The highest BCUT2D eigenvalue weighted by molar-refractivity contribution is 5.81. The number of hydrazone groups is 1. The molecule has 0 unspecified atom stereocenters. The van der Waals surface area contributed by atoms with Crippen molar-refractivity contribution in [2.45, 2.75) is 12.7 Å². The monoisotopic (exact) mass is 342 g/mol. The summed E-state index contributed by atoms with van der Waals surface area (Å²) >= 11 is 0. The summed E-state index contributed by atoms with van der Waals surface area (Å²) in [6.07, 6.45) is 2.24. The van der Waals surface area contributed by atoms with Crippen LogP contribution in [0, 0.1) is 0 Å². The van der Waals surface area contributed by atoms with Crippen LogP contribution in [0.5, 0.6) is 11.5 Å². The van der Waals surface area contributed by atoms with Gasteiger partial charge in [0.2, 0.25) is 0 Å². The third kappa shape index (κ3) is 5.20. The third-order valence-electron chi connectivity index (χ3n) is 3.67. The van der Waals surface area contributed by atoms with Gasteiger partial charge in [-0.05, 0) is 35.9 Å². The van der Waals surface area contributed by atoms with Crippen LogP contribution in [-0.4, -0.2) is 39.4 Å². The molecule has 0 spiro atoms. The molecular weight excluding hydrogens is 320 g/mol. The molecule has 1 saturated heterocycles. The SMILES string of the molecule is COc1ccc(C=NNc2ccccc2)cc1OCCC1OCCO1. The average Bonchev–Trinajstić information content (AvgIpc) is 3.16. The van der Waals surface area contributed by atoms with Crippen molar-refractivity contribution in [3.8, 4) is 11.5 Å². The van der Waals surface area contributed by atoms with E-state index in [0.717, 1.165) is 11.3 Å². The quantitative estimate of drug-likeness (QED) is 0.589. The first-order chi connectivity index (χ1) is 12.3. The first-order valence-corrected chi connectivity index (χ1v) is 8.23. The van der Waals surface area contributed by atoms with Crippen molar-refractivity contribution in [2.75, 3.05) is 32.4 Å². The van der Waals surface area contributed by atoms with Crippen molar-refractivity contribution in [1.29, 1.82) is 0 Å². The third-order valence-corrected chi connectivity index (χ3v) is 3.67. The summed E-state index contributed by atoms with van der Waals surface area (Å²) in [5.41, 5.74) is 4.83. The van der Waals surface area contributed by atoms with Gasteiger partial charge in [-0.2, -0.15) is 5.10 Å². The fraction of sp³-hybridized carbons (Fsp3) is 0.316. The lowest BCUT2D eigenvalue weighted by molar-refractivity contribution is -0.0532. The van der Waals surface area contributed by atoms with E-state index in [4.69, 9.17) is 18.9 Å². The van der Waals surface area contributed by atoms with Crippen molar-refractivity contribution < 1.29 is 18.9 Å². The Morgan fingerprint density at radius 3 is 2.68 bits per heavy atom. The van der Waals surface area contributed by atoms with Gasteiger partial charge >= 0.3 is 0 Å². The number of ether oxygens (including phenoxy) is 4. The zero-order valence-corrected chi connectivity index (χ0v) is 14.2. The molecule has 0 aromatic heterocycles. The molecule has 2 aromatic rings. The number of rotatable bonds is 8. The van der Waals surface area contributed by atoms with Crippen molar-refractivity contribution in [3.63, 3.8) is 0 Å². The number of anilines is 1. The first-order valence-electron chi connectivity index (χ1n) is 8.23. The predicted molar refractivity (Wildman–Crippen MR) is 96.5 cm³/mol. The zero-order chi connectivity index (χ0) is 17.3. The lowest BCUT2D eigenvalue weighted by atomic mass is 10.2. The Morgan fingerprint density at radius 1 is 1.12 bits per heavy atom. The first kappa shape index (κ1) is 17.3. The molecule has 0 atom stereocenters. The molecule has 0 radical (unpaired) electrons. The van der Waals surface area contributed by atoms with Crippen molar-refractivity contribution in [2.24, 2.45) is 5.10 Å². The highest BCUT2D eigenvalue weighted by Gasteiger charge is 2.16. The summed E-state index contributed by atoms with van der Waals surface area (Å²) in [5, 5.41) is 4.24. The summed E-state index contributed by atoms with van der Waals surface area (Å²) in [5.74, 6) is 1.35. The maximum atomic E-state index is 5.83. The maximum Gasteiger partial charge on any atom is 0.161 e. The van der Waals surface area contributed by atoms with E-state index in [9.17, 15) is 0 Å². The van der Waals surface area contributed by atoms with E-state index < -0.39 is 0 Å². The lowest BCUT2D eigenvalue weighted by Gasteiger charge is -2.13. The number of nitrogens with one attached hydrogen (secondary N) is 1. The van der Waals surface area contributed by atoms with E-state index in [2.05, 4.69) is 10.5 Å². The Bertz CT molecular complexity index is 685. The van der Waals surface area contributed by atoms with Gasteiger partial charge in [-0.1, -0.05) is 18.2 Å². The number of nitrogens with zero attached hydrogens (tertiary/aromatic N) is 1. The van der Waals surface area contributed by atoms with Crippen molar-refractivity contribution in [1.82, 2.24) is 0 Å². The molecule has 6 nitrogen and oxygen atoms in total. The molecule has 3 rings (SSSR count). The van der Waals surface area contributed by atoms with Gasteiger partial charge in [0.1, 0.15) is 0 Å². The number of hydrogen-bond donors (Lipinski definition) is 1. The zero-order valence-electron chi connectivity index (χ0n) is 14.2. The summed E-state index contributed by atoms with van der Waals surface area (Å²) < 4.78 is 22.0. The minimum absolute atomic E-state index is 0.175. The van der Waals surface area contributed by atoms with Crippen LogP contribution in [0.25, 0.3) is 0 Å². The topological polar surface area (TPSA) is 61.3 Å². The minimum atomic E-state index is -0.175. The molecule has 0 bridgehead atoms. The number of benzene rings is 2. The van der Waals surface area contributed by atoms with Crippen molar-refractivity contribution >= 4 is 11.9 Å². The van der Waals surface area contributed by atoms with Gasteiger partial charge in [0.15, 0.2) is 17.8 Å². The molecule has 1 aliphatic rings. The average molecular weight is 342 g/mol. The molecule has 2 aromatic carbocycles. The van der Waals surface area contributed by atoms with E-state index >= 15 is 0 Å². The van der Waals surface area contributed by atoms with Gasteiger partial charge in [0.25, 0.3) is 0 Å². The van der Waals surface area contributed by atoms with Gasteiger partial charge in [-0.25, -0.2) is 0 Å². The second kappa shape index (κ2) is 9.05. The Morgan fingerprint density at radius 2 is 1.92 bits per heavy atom. The molecule has 1 N–H and O–H groups in total. The largest absolute Gasteiger partial charge is 0.493 e. The second-order valence-corrected chi connectivity index (χ2v) is 5.45. The van der Waals surface area contributed by atoms with E-state index in [1.165, 1.54) is 0 Å². The Hall–Kier alpha value is -2.57. The molecule has 1 heterocycles. The summed E-state index contributed by atoms with van der Waals surface area (Å²) in [6, 6.07) is 15.5. The standard InChI is InChI=1S/C19H22N2O4/c1-22-17-8-7-15(14-20-21-16-5-3-2-4-6-16)13-18(17)23-10-9-19-24-11-12-25-19/h2-8,13-14,19,21H,9-12H2,1H3. The molecule has 0 amide bonds. The second-order valence-electron chi connectivity index (χ2n) is 5.45. The predicted octanol–water partition coefficient (Wildman–Crippen LogP) is 3.28. The molecule has 1 fully saturated rings. The normalized spacial score (nSPS) is 14.8. The molecule has 0 saturated carbocycles. The molecule has 132 valence electrons. The fourth-order valence-electron chi connectivity index (χ4n) is 2.42. The van der Waals surface area contributed by atoms with Gasteiger partial charge in [-0.3, -0.25) is 5.43 Å². The highest BCUT2D eigenvalue weighted by atomic mass is 16.7. The van der Waals surface area contributed by atoms with E-state index in [1.54, 1.807) is 13.3 Å². The van der Waals surface area contributed by atoms with Crippen LogP contribution in [0.15, 0.2) is 53.6 Å². The van der Waals surface area contributed by atoms with Crippen LogP contribution in [0.3, 0.4) is 0 Å². The molecule has 25 heavy (non-hydrogen) atoms. The van der Waals surface area contributed by atoms with Crippen LogP contribution in [0.4, 0.5) is 5.69 Å². The van der Waals surface area contributed by atoms with Crippen molar-refractivity contribution in [3.05, 3.63) is 54.1 Å². The Labute approximate surface area is 147 Å². The van der Waals surface area contributed by atoms with Crippen LogP contribution < -0.4 is 14.9 Å². The van der Waals surface area contributed by atoms with Gasteiger partial charge in [-0.15, -0.1) is 0 Å². The molecule has 1 aliphatic heterocycles. The number of hydrogen-bond acceptors (Lipinski definition) is 6. The molecule has 6 heteroatoms. The summed E-state index contributed by atoms with van der Waals surface area (Å²) in [7, 11) is 1.62. The van der Waals surface area contributed by atoms with E-state index in [0.29, 0.717) is 37.7 Å². The summed E-state index contributed by atoms with van der Waals surface area (Å²) in [4.78, 5) is 0. The van der Waals surface area contributed by atoms with Crippen LogP contribution in [0.2, 0.25) is 0 Å². The Kier molecular flexibility index (Phi) is 6.25. The molecular formula is C19H22N2O4. The van der Waals surface area contributed by atoms with Gasteiger partial charge in [0, 0.05) is 6.42 Å². The highest BCUT2D eigenvalue weighted by Crippen LogP contribution is 2.28. The van der Waals surface area contributed by atoms with Crippen LogP contribution in [-0.2, 0) is 9.47 Å².